The van der Waals surface area contributed by atoms with Crippen molar-refractivity contribution in [2.45, 2.75) is 23.2 Å². The second-order valence-corrected chi connectivity index (χ2v) is 6.87. The van der Waals surface area contributed by atoms with Crippen molar-refractivity contribution in [2.75, 3.05) is 6.61 Å². The Morgan fingerprint density at radius 2 is 1.46 bits per heavy atom. The number of esters is 2. The van der Waals surface area contributed by atoms with Gasteiger partial charge in [0, 0.05) is 0 Å². The summed E-state index contributed by atoms with van der Waals surface area (Å²) in [7, 11) is 0. The van der Waals surface area contributed by atoms with Crippen LogP contribution >= 0.6 is 11.6 Å². The van der Waals surface area contributed by atoms with Gasteiger partial charge >= 0.3 is 11.9 Å². The average Bonchev–Trinajstić information content (AvgIpc) is 2.73. The van der Waals surface area contributed by atoms with Crippen molar-refractivity contribution in [3.05, 3.63) is 83.9 Å². The summed E-state index contributed by atoms with van der Waals surface area (Å²) in [6, 6.07) is 16.4. The molecule has 0 aromatic heterocycles. The van der Waals surface area contributed by atoms with Crippen LogP contribution in [0.25, 0.3) is 0 Å². The number of benzene rings is 2. The standard InChI is InChI=1S/C21H19ClO6/c22-17-12-11-16(23)18(28-20(25)15-9-5-2-6-10-15)21(17,26)13-27-19(24)14-7-3-1-4-8-14/h1-12,16-18,23,26H,13H2/t16-,17+,18+,21-/m0/s1. The molecule has 0 spiro atoms. The lowest BCUT2D eigenvalue weighted by atomic mass is 9.84. The smallest absolute Gasteiger partial charge is 0.338 e. The third-order valence-corrected chi connectivity index (χ3v) is 4.97. The molecule has 28 heavy (non-hydrogen) atoms. The second-order valence-electron chi connectivity index (χ2n) is 6.40. The van der Waals surface area contributed by atoms with E-state index < -0.39 is 41.7 Å². The predicted octanol–water partition coefficient (Wildman–Crippen LogP) is 2.34. The molecule has 2 aromatic rings. The molecule has 1 aliphatic carbocycles. The topological polar surface area (TPSA) is 93.1 Å². The fraction of sp³-hybridized carbons (Fsp3) is 0.238. The number of alkyl halides is 1. The minimum absolute atomic E-state index is 0.249. The first-order valence-electron chi connectivity index (χ1n) is 8.63. The summed E-state index contributed by atoms with van der Waals surface area (Å²) in [5.74, 6) is -1.41. The molecule has 0 saturated heterocycles. The quantitative estimate of drug-likeness (QED) is 0.453. The van der Waals surface area contributed by atoms with Crippen LogP contribution in [0.15, 0.2) is 72.8 Å². The minimum atomic E-state index is -2.01. The molecule has 3 rings (SSSR count). The Bertz CT molecular complexity index is 854. The molecule has 0 heterocycles. The van der Waals surface area contributed by atoms with E-state index in [1.54, 1.807) is 60.7 Å². The molecule has 1 aliphatic rings. The van der Waals surface area contributed by atoms with Crippen LogP contribution in [-0.2, 0) is 9.47 Å². The first-order chi connectivity index (χ1) is 13.4. The Labute approximate surface area is 167 Å². The molecule has 2 N–H and O–H groups in total. The van der Waals surface area contributed by atoms with E-state index in [4.69, 9.17) is 21.1 Å². The normalized spacial score (nSPS) is 26.5. The Morgan fingerprint density at radius 3 is 2.04 bits per heavy atom. The van der Waals surface area contributed by atoms with Crippen LogP contribution in [0.4, 0.5) is 0 Å². The molecular formula is C21H19ClO6. The van der Waals surface area contributed by atoms with Crippen molar-refractivity contribution in [3.63, 3.8) is 0 Å². The number of aliphatic hydroxyl groups is 2. The Balaban J connectivity index is 1.77. The van der Waals surface area contributed by atoms with Crippen molar-refractivity contribution >= 4 is 23.5 Å². The largest absolute Gasteiger partial charge is 0.459 e. The van der Waals surface area contributed by atoms with Gasteiger partial charge in [0.25, 0.3) is 0 Å². The van der Waals surface area contributed by atoms with Gasteiger partial charge in [-0.15, -0.1) is 11.6 Å². The molecule has 0 fully saturated rings. The highest BCUT2D eigenvalue weighted by Gasteiger charge is 2.51. The number of hydrogen-bond donors (Lipinski definition) is 2. The molecule has 0 amide bonds. The first kappa shape index (κ1) is 20.1. The van der Waals surface area contributed by atoms with E-state index in [-0.39, 0.29) is 5.56 Å². The van der Waals surface area contributed by atoms with Crippen LogP contribution in [0.2, 0.25) is 0 Å². The number of ether oxygens (including phenoxy) is 2. The Kier molecular flexibility index (Phi) is 6.14. The van der Waals surface area contributed by atoms with Gasteiger partial charge < -0.3 is 19.7 Å². The van der Waals surface area contributed by atoms with Gasteiger partial charge in [-0.1, -0.05) is 48.6 Å². The fourth-order valence-corrected chi connectivity index (χ4v) is 3.13. The highest BCUT2D eigenvalue weighted by molar-refractivity contribution is 6.22. The van der Waals surface area contributed by atoms with E-state index in [2.05, 4.69) is 0 Å². The van der Waals surface area contributed by atoms with Gasteiger partial charge in [0.2, 0.25) is 0 Å². The minimum Gasteiger partial charge on any atom is -0.459 e. The van der Waals surface area contributed by atoms with Gasteiger partial charge in [-0.05, 0) is 24.3 Å². The molecule has 0 unspecified atom stereocenters. The zero-order chi connectivity index (χ0) is 20.1. The first-order valence-corrected chi connectivity index (χ1v) is 9.06. The van der Waals surface area contributed by atoms with Crippen molar-refractivity contribution in [1.82, 2.24) is 0 Å². The number of hydrogen-bond acceptors (Lipinski definition) is 6. The summed E-state index contributed by atoms with van der Waals surface area (Å²) in [6.45, 7) is -0.566. The molecule has 0 bridgehead atoms. The second kappa shape index (κ2) is 8.56. The number of carbonyl (C=O) groups excluding carboxylic acids is 2. The monoisotopic (exact) mass is 402 g/mol. The zero-order valence-electron chi connectivity index (χ0n) is 14.8. The van der Waals surface area contributed by atoms with Crippen LogP contribution < -0.4 is 0 Å². The zero-order valence-corrected chi connectivity index (χ0v) is 15.5. The molecule has 7 heteroatoms. The van der Waals surface area contributed by atoms with E-state index in [1.807, 2.05) is 0 Å². The highest BCUT2D eigenvalue weighted by Crippen LogP contribution is 2.32. The third-order valence-electron chi connectivity index (χ3n) is 4.45. The number of halogens is 1. The molecule has 6 nitrogen and oxygen atoms in total. The maximum Gasteiger partial charge on any atom is 0.338 e. The van der Waals surface area contributed by atoms with Gasteiger partial charge in [0.1, 0.15) is 12.7 Å². The van der Waals surface area contributed by atoms with Crippen LogP contribution in [0.1, 0.15) is 20.7 Å². The maximum atomic E-state index is 12.4. The number of carbonyl (C=O) groups is 2. The van der Waals surface area contributed by atoms with Gasteiger partial charge in [-0.3, -0.25) is 0 Å². The lowest BCUT2D eigenvalue weighted by Crippen LogP contribution is -2.61. The van der Waals surface area contributed by atoms with Crippen LogP contribution in [-0.4, -0.2) is 51.9 Å². The molecule has 4 atom stereocenters. The van der Waals surface area contributed by atoms with Crippen molar-refractivity contribution < 1.29 is 29.3 Å². The molecule has 146 valence electrons. The summed E-state index contributed by atoms with van der Waals surface area (Å²) >= 11 is 6.21. The van der Waals surface area contributed by atoms with Crippen LogP contribution in [0.3, 0.4) is 0 Å². The Hall–Kier alpha value is -2.67. The van der Waals surface area contributed by atoms with E-state index in [9.17, 15) is 19.8 Å². The Morgan fingerprint density at radius 1 is 0.929 bits per heavy atom. The maximum absolute atomic E-state index is 12.4. The van der Waals surface area contributed by atoms with Gasteiger partial charge in [0.05, 0.1) is 16.5 Å². The lowest BCUT2D eigenvalue weighted by Gasteiger charge is -2.41. The SMILES string of the molecule is O=C(OC[C@]1(O)[C@H](Cl)C=C[C@H](O)[C@H]1OC(=O)c1ccccc1)c1ccccc1. The summed E-state index contributed by atoms with van der Waals surface area (Å²) in [5, 5.41) is 20.3. The molecule has 0 aliphatic heterocycles. The fourth-order valence-electron chi connectivity index (χ4n) is 2.86. The van der Waals surface area contributed by atoms with E-state index >= 15 is 0 Å². The van der Waals surface area contributed by atoms with Crippen molar-refractivity contribution in [2.24, 2.45) is 0 Å². The summed E-state index contributed by atoms with van der Waals surface area (Å²) in [4.78, 5) is 24.6. The van der Waals surface area contributed by atoms with Gasteiger partial charge in [-0.25, -0.2) is 9.59 Å². The predicted molar refractivity (Wildman–Crippen MR) is 102 cm³/mol. The lowest BCUT2D eigenvalue weighted by molar-refractivity contribution is -0.142. The van der Waals surface area contributed by atoms with Gasteiger partial charge in [0.15, 0.2) is 11.7 Å². The molecule has 2 aromatic carbocycles. The third kappa shape index (κ3) is 4.25. The molecule has 0 radical (unpaired) electrons. The van der Waals surface area contributed by atoms with Crippen LogP contribution in [0, 0.1) is 0 Å². The summed E-state index contributed by atoms with van der Waals surface area (Å²) in [6.07, 6.45) is -0.0388. The number of rotatable bonds is 5. The van der Waals surface area contributed by atoms with Crippen molar-refractivity contribution in [1.29, 1.82) is 0 Å². The molecule has 0 saturated carbocycles. The van der Waals surface area contributed by atoms with Crippen LogP contribution in [0.5, 0.6) is 0 Å². The molecular weight excluding hydrogens is 384 g/mol. The highest BCUT2D eigenvalue weighted by atomic mass is 35.5. The average molecular weight is 403 g/mol. The number of aliphatic hydroxyl groups excluding tert-OH is 1. The van der Waals surface area contributed by atoms with Gasteiger partial charge in [-0.2, -0.15) is 0 Å². The van der Waals surface area contributed by atoms with E-state index in [0.29, 0.717) is 5.56 Å². The summed E-state index contributed by atoms with van der Waals surface area (Å²) < 4.78 is 10.5. The van der Waals surface area contributed by atoms with Crippen molar-refractivity contribution in [3.8, 4) is 0 Å². The van der Waals surface area contributed by atoms with E-state index in [1.165, 1.54) is 12.2 Å². The van der Waals surface area contributed by atoms with E-state index in [0.717, 1.165) is 0 Å². The summed E-state index contributed by atoms with van der Waals surface area (Å²) in [5.41, 5.74) is -1.47.